The zero-order valence-corrected chi connectivity index (χ0v) is 17.0. The highest BCUT2D eigenvalue weighted by atomic mass is 16.8. The number of aliphatic hydroxyl groups is 2. The molecule has 2 fully saturated rings. The Hall–Kier alpha value is -1.22. The van der Waals surface area contributed by atoms with Crippen LogP contribution in [0.15, 0.2) is 24.3 Å². The molecule has 7 heteroatoms. The third kappa shape index (κ3) is 5.23. The molecule has 0 saturated carbocycles. The maximum Gasteiger partial charge on any atom is 0.190 e. The molecular formula is C21H32O7. The first-order chi connectivity index (χ1) is 13.3. The first-order valence-corrected chi connectivity index (χ1v) is 9.92. The molecule has 0 bridgehead atoms. The Morgan fingerprint density at radius 1 is 1.14 bits per heavy atom. The quantitative estimate of drug-likeness (QED) is 0.662. The van der Waals surface area contributed by atoms with Crippen molar-refractivity contribution in [3.8, 4) is 5.75 Å². The highest BCUT2D eigenvalue weighted by Gasteiger charge is 2.56. The van der Waals surface area contributed by atoms with Crippen molar-refractivity contribution >= 4 is 0 Å². The number of fused-ring (bicyclic) bond motifs is 1. The van der Waals surface area contributed by atoms with Gasteiger partial charge in [0, 0.05) is 0 Å². The van der Waals surface area contributed by atoms with Gasteiger partial charge in [-0.1, -0.05) is 26.0 Å². The Morgan fingerprint density at radius 2 is 1.86 bits per heavy atom. The van der Waals surface area contributed by atoms with Gasteiger partial charge in [0.25, 0.3) is 0 Å². The molecule has 0 spiro atoms. The minimum absolute atomic E-state index is 0.321. The van der Waals surface area contributed by atoms with Crippen LogP contribution in [0.5, 0.6) is 5.75 Å². The van der Waals surface area contributed by atoms with Crippen molar-refractivity contribution < 1.29 is 33.9 Å². The second-order valence-electron chi connectivity index (χ2n) is 8.27. The second kappa shape index (κ2) is 9.07. The summed E-state index contributed by atoms with van der Waals surface area (Å²) in [6.45, 7) is 8.55. The van der Waals surface area contributed by atoms with Gasteiger partial charge in [-0.25, -0.2) is 0 Å². The second-order valence-corrected chi connectivity index (χ2v) is 8.27. The van der Waals surface area contributed by atoms with Crippen molar-refractivity contribution in [1.29, 1.82) is 0 Å². The fourth-order valence-corrected chi connectivity index (χ4v) is 3.39. The Bertz CT molecular complexity index is 616. The topological polar surface area (TPSA) is 86.6 Å². The predicted octanol–water partition coefficient (Wildman–Crippen LogP) is 2.23. The highest BCUT2D eigenvalue weighted by Crippen LogP contribution is 2.39. The minimum Gasteiger partial charge on any atom is -0.494 e. The molecule has 0 aromatic heterocycles. The number of hydrogen-bond donors (Lipinski definition) is 2. The lowest BCUT2D eigenvalue weighted by Gasteiger charge is -2.28. The number of benzene rings is 1. The molecule has 3 rings (SSSR count). The van der Waals surface area contributed by atoms with E-state index >= 15 is 0 Å². The third-order valence-electron chi connectivity index (χ3n) is 4.92. The molecule has 7 nitrogen and oxygen atoms in total. The van der Waals surface area contributed by atoms with Crippen LogP contribution in [0.25, 0.3) is 0 Å². The molecule has 0 unspecified atom stereocenters. The van der Waals surface area contributed by atoms with E-state index in [4.69, 9.17) is 23.7 Å². The molecule has 2 heterocycles. The van der Waals surface area contributed by atoms with Crippen molar-refractivity contribution in [2.75, 3.05) is 13.2 Å². The van der Waals surface area contributed by atoms with Crippen LogP contribution in [0.3, 0.4) is 0 Å². The normalized spacial score (nSPS) is 29.8. The maximum atomic E-state index is 10.1. The molecule has 0 amide bonds. The molecule has 2 saturated heterocycles. The van der Waals surface area contributed by atoms with E-state index in [0.29, 0.717) is 19.1 Å². The van der Waals surface area contributed by atoms with Crippen LogP contribution < -0.4 is 4.74 Å². The summed E-state index contributed by atoms with van der Waals surface area (Å²) in [6.07, 6.45) is -2.39. The van der Waals surface area contributed by atoms with Crippen LogP contribution in [-0.4, -0.2) is 59.9 Å². The summed E-state index contributed by atoms with van der Waals surface area (Å²) in [5, 5.41) is 19.4. The van der Waals surface area contributed by atoms with E-state index < -0.39 is 43.1 Å². The van der Waals surface area contributed by atoms with Crippen molar-refractivity contribution in [3.05, 3.63) is 29.8 Å². The Balaban J connectivity index is 1.58. The zero-order valence-electron chi connectivity index (χ0n) is 17.0. The van der Waals surface area contributed by atoms with Gasteiger partial charge >= 0.3 is 0 Å². The molecule has 2 N–H and O–H groups in total. The van der Waals surface area contributed by atoms with Gasteiger partial charge in [-0.15, -0.1) is 0 Å². The van der Waals surface area contributed by atoms with Crippen molar-refractivity contribution in [2.45, 2.75) is 77.2 Å². The van der Waals surface area contributed by atoms with Gasteiger partial charge in [0.1, 0.15) is 30.2 Å². The largest absolute Gasteiger partial charge is 0.494 e. The van der Waals surface area contributed by atoms with Crippen molar-refractivity contribution in [2.24, 2.45) is 5.92 Å². The van der Waals surface area contributed by atoms with E-state index in [0.717, 1.165) is 17.7 Å². The van der Waals surface area contributed by atoms with Crippen LogP contribution in [0, 0.1) is 5.92 Å². The molecule has 158 valence electrons. The Morgan fingerprint density at radius 3 is 2.50 bits per heavy atom. The van der Waals surface area contributed by atoms with Gasteiger partial charge in [0.2, 0.25) is 0 Å². The number of aliphatic hydroxyl groups excluding tert-OH is 2. The summed E-state index contributed by atoms with van der Waals surface area (Å²) >= 11 is 0. The van der Waals surface area contributed by atoms with Gasteiger partial charge in [-0.3, -0.25) is 0 Å². The van der Waals surface area contributed by atoms with Crippen LogP contribution in [0.4, 0.5) is 0 Å². The summed E-state index contributed by atoms with van der Waals surface area (Å²) in [6, 6.07) is 7.74. The average molecular weight is 396 g/mol. The SMILES string of the molecule is CC(C)CCOc1ccc(CO[C@@H]2[C@H]([C@H](O)CO)O[C@H]3OC(C)(C)O[C@@H]32)cc1. The van der Waals surface area contributed by atoms with E-state index in [9.17, 15) is 10.2 Å². The first-order valence-electron chi connectivity index (χ1n) is 9.92. The standard InChI is InChI=1S/C21H32O7/c1-13(2)9-10-24-15-7-5-14(6-8-15)12-25-18-17(16(23)11-22)26-20-19(18)27-21(3,4)28-20/h5-8,13,16-20,22-23H,9-12H2,1-4H3/t16-,17+,18-,19-,20+/m1/s1. The van der Waals surface area contributed by atoms with Crippen molar-refractivity contribution in [3.63, 3.8) is 0 Å². The number of hydrogen-bond acceptors (Lipinski definition) is 7. The Kier molecular flexibility index (Phi) is 6.96. The lowest BCUT2D eigenvalue weighted by atomic mass is 10.1. The van der Waals surface area contributed by atoms with E-state index in [-0.39, 0.29) is 0 Å². The summed E-state index contributed by atoms with van der Waals surface area (Å²) in [4.78, 5) is 0. The molecular weight excluding hydrogens is 364 g/mol. The molecule has 2 aliphatic heterocycles. The van der Waals surface area contributed by atoms with E-state index in [1.165, 1.54) is 0 Å². The summed E-state index contributed by atoms with van der Waals surface area (Å²) in [5.41, 5.74) is 0.968. The lowest BCUT2D eigenvalue weighted by molar-refractivity contribution is -0.232. The number of rotatable bonds is 9. The fourth-order valence-electron chi connectivity index (χ4n) is 3.39. The maximum absolute atomic E-state index is 10.1. The van der Waals surface area contributed by atoms with Gasteiger partial charge in [0.05, 0.1) is 19.8 Å². The monoisotopic (exact) mass is 396 g/mol. The predicted molar refractivity (Wildman–Crippen MR) is 102 cm³/mol. The van der Waals surface area contributed by atoms with Gasteiger partial charge in [-0.2, -0.15) is 0 Å². The Labute approximate surface area is 166 Å². The van der Waals surface area contributed by atoms with Crippen LogP contribution in [0.1, 0.15) is 39.7 Å². The molecule has 5 atom stereocenters. The van der Waals surface area contributed by atoms with E-state index in [1.807, 2.05) is 24.3 Å². The molecule has 0 aliphatic carbocycles. The average Bonchev–Trinajstić information content (AvgIpc) is 3.12. The van der Waals surface area contributed by atoms with Gasteiger partial charge < -0.3 is 33.9 Å². The summed E-state index contributed by atoms with van der Waals surface area (Å²) < 4.78 is 29.1. The highest BCUT2D eigenvalue weighted by molar-refractivity contribution is 5.26. The van der Waals surface area contributed by atoms with Crippen LogP contribution >= 0.6 is 0 Å². The molecule has 1 aromatic rings. The van der Waals surface area contributed by atoms with E-state index in [2.05, 4.69) is 13.8 Å². The third-order valence-corrected chi connectivity index (χ3v) is 4.92. The van der Waals surface area contributed by atoms with Gasteiger partial charge in [0.15, 0.2) is 12.1 Å². The minimum atomic E-state index is -1.07. The smallest absolute Gasteiger partial charge is 0.190 e. The van der Waals surface area contributed by atoms with Crippen LogP contribution in [0.2, 0.25) is 0 Å². The fraction of sp³-hybridized carbons (Fsp3) is 0.714. The summed E-state index contributed by atoms with van der Waals surface area (Å²) in [7, 11) is 0. The number of ether oxygens (including phenoxy) is 5. The van der Waals surface area contributed by atoms with E-state index in [1.54, 1.807) is 13.8 Å². The lowest BCUT2D eigenvalue weighted by Crippen LogP contribution is -2.44. The van der Waals surface area contributed by atoms with Gasteiger partial charge in [-0.05, 0) is 43.9 Å². The molecule has 2 aliphatic rings. The molecule has 1 aromatic carbocycles. The molecule has 28 heavy (non-hydrogen) atoms. The first kappa shape index (κ1) is 21.5. The molecule has 0 radical (unpaired) electrons. The van der Waals surface area contributed by atoms with Crippen molar-refractivity contribution in [1.82, 2.24) is 0 Å². The van der Waals surface area contributed by atoms with Crippen LogP contribution in [-0.2, 0) is 25.6 Å². The zero-order chi connectivity index (χ0) is 20.3. The summed E-state index contributed by atoms with van der Waals surface area (Å²) in [5.74, 6) is 0.664.